The van der Waals surface area contributed by atoms with E-state index in [-0.39, 0.29) is 0 Å². The van der Waals surface area contributed by atoms with Crippen LogP contribution in [0.1, 0.15) is 46.0 Å². The van der Waals surface area contributed by atoms with Gasteiger partial charge >= 0.3 is 5.97 Å². The molecule has 1 unspecified atom stereocenters. The molecule has 0 fully saturated rings. The van der Waals surface area contributed by atoms with Crippen LogP contribution < -0.4 is 5.32 Å². The molecule has 1 aromatic carbocycles. The Hall–Kier alpha value is -1.03. The summed E-state index contributed by atoms with van der Waals surface area (Å²) in [6, 6.07) is 7.58. The molecule has 0 saturated heterocycles. The quantitative estimate of drug-likeness (QED) is 0.682. The summed E-state index contributed by atoms with van der Waals surface area (Å²) < 4.78 is 0.984. The number of benzene rings is 1. The van der Waals surface area contributed by atoms with E-state index in [1.54, 1.807) is 6.92 Å². The third-order valence-corrected chi connectivity index (χ3v) is 3.80. The van der Waals surface area contributed by atoms with Crippen LogP contribution in [0.3, 0.4) is 0 Å². The number of halogens is 1. The Kier molecular flexibility index (Phi) is 6.35. The summed E-state index contributed by atoms with van der Waals surface area (Å²) in [5, 5.41) is 12.6. The lowest BCUT2D eigenvalue weighted by Crippen LogP contribution is -2.43. The standard InChI is InChI=1S/C15H22BrNO2/c1-3-4-5-6-11-15(2,14(18)19)17-13-9-7-12(16)8-10-13/h7-10,17H,3-6,11H2,1-2H3,(H,18,19). The number of rotatable bonds is 8. The number of carboxylic acid groups (broad SMARTS) is 1. The Bertz CT molecular complexity index is 405. The van der Waals surface area contributed by atoms with Gasteiger partial charge in [-0.3, -0.25) is 0 Å². The first-order valence-electron chi connectivity index (χ1n) is 6.75. The fourth-order valence-corrected chi connectivity index (χ4v) is 2.24. The first-order valence-corrected chi connectivity index (χ1v) is 7.54. The second-order valence-corrected chi connectivity index (χ2v) is 6.00. The molecular formula is C15H22BrNO2. The van der Waals surface area contributed by atoms with Crippen LogP contribution >= 0.6 is 15.9 Å². The summed E-state index contributed by atoms with van der Waals surface area (Å²) in [6.45, 7) is 3.90. The van der Waals surface area contributed by atoms with Crippen molar-refractivity contribution in [1.29, 1.82) is 0 Å². The van der Waals surface area contributed by atoms with E-state index in [2.05, 4.69) is 28.2 Å². The van der Waals surface area contributed by atoms with Gasteiger partial charge in [0.25, 0.3) is 0 Å². The minimum atomic E-state index is -0.901. The first-order chi connectivity index (χ1) is 8.98. The zero-order chi connectivity index (χ0) is 14.3. The molecule has 4 heteroatoms. The smallest absolute Gasteiger partial charge is 0.329 e. The Balaban J connectivity index is 2.65. The Morgan fingerprint density at radius 3 is 2.42 bits per heavy atom. The van der Waals surface area contributed by atoms with E-state index in [1.165, 1.54) is 0 Å². The summed E-state index contributed by atoms with van der Waals surface area (Å²) in [5.41, 5.74) is -0.0646. The van der Waals surface area contributed by atoms with Gasteiger partial charge in [-0.1, -0.05) is 48.5 Å². The average molecular weight is 328 g/mol. The lowest BCUT2D eigenvalue weighted by Gasteiger charge is -2.27. The van der Waals surface area contributed by atoms with Crippen molar-refractivity contribution in [2.24, 2.45) is 0 Å². The molecule has 0 aromatic heterocycles. The molecule has 3 nitrogen and oxygen atoms in total. The second kappa shape index (κ2) is 7.53. The highest BCUT2D eigenvalue weighted by Crippen LogP contribution is 2.23. The highest BCUT2D eigenvalue weighted by molar-refractivity contribution is 9.10. The molecule has 1 rings (SSSR count). The average Bonchev–Trinajstić information content (AvgIpc) is 2.37. The molecule has 0 aliphatic heterocycles. The molecule has 2 N–H and O–H groups in total. The molecule has 0 aliphatic carbocycles. The molecule has 1 aromatic rings. The Morgan fingerprint density at radius 2 is 1.89 bits per heavy atom. The van der Waals surface area contributed by atoms with E-state index in [1.807, 2.05) is 24.3 Å². The fourth-order valence-electron chi connectivity index (χ4n) is 1.98. The second-order valence-electron chi connectivity index (χ2n) is 5.08. The van der Waals surface area contributed by atoms with E-state index in [0.29, 0.717) is 6.42 Å². The van der Waals surface area contributed by atoms with Gasteiger partial charge in [0.15, 0.2) is 0 Å². The maximum absolute atomic E-state index is 11.5. The Morgan fingerprint density at radius 1 is 1.26 bits per heavy atom. The number of anilines is 1. The van der Waals surface area contributed by atoms with Crippen molar-refractivity contribution >= 4 is 27.6 Å². The minimum absolute atomic E-state index is 0.637. The van der Waals surface area contributed by atoms with Gasteiger partial charge in [0.2, 0.25) is 0 Å². The molecule has 0 saturated carbocycles. The summed E-state index contributed by atoms with van der Waals surface area (Å²) in [4.78, 5) is 11.5. The van der Waals surface area contributed by atoms with Crippen LogP contribution in [-0.4, -0.2) is 16.6 Å². The third-order valence-electron chi connectivity index (χ3n) is 3.27. The normalized spacial score (nSPS) is 13.8. The van der Waals surface area contributed by atoms with Crippen molar-refractivity contribution in [2.75, 3.05) is 5.32 Å². The van der Waals surface area contributed by atoms with Gasteiger partial charge in [0.05, 0.1) is 0 Å². The van der Waals surface area contributed by atoms with Crippen LogP contribution in [0.4, 0.5) is 5.69 Å². The molecule has 0 heterocycles. The third kappa shape index (κ3) is 5.23. The van der Waals surface area contributed by atoms with Crippen molar-refractivity contribution in [3.05, 3.63) is 28.7 Å². The van der Waals surface area contributed by atoms with Gasteiger partial charge in [0.1, 0.15) is 5.54 Å². The van der Waals surface area contributed by atoms with Gasteiger partial charge in [0, 0.05) is 10.2 Å². The van der Waals surface area contributed by atoms with Gasteiger partial charge in [-0.05, 0) is 37.6 Å². The molecular weight excluding hydrogens is 306 g/mol. The molecule has 0 aliphatic rings. The van der Waals surface area contributed by atoms with Crippen LogP contribution in [0.2, 0.25) is 0 Å². The topological polar surface area (TPSA) is 49.3 Å². The van der Waals surface area contributed by atoms with Gasteiger partial charge in [-0.25, -0.2) is 4.79 Å². The summed E-state index contributed by atoms with van der Waals surface area (Å²) >= 11 is 3.37. The van der Waals surface area contributed by atoms with Crippen molar-refractivity contribution in [2.45, 2.75) is 51.5 Å². The summed E-state index contributed by atoms with van der Waals surface area (Å²) in [5.74, 6) is -0.799. The number of unbranched alkanes of at least 4 members (excludes halogenated alkanes) is 3. The molecule has 0 spiro atoms. The molecule has 0 radical (unpaired) electrons. The maximum atomic E-state index is 11.5. The molecule has 106 valence electrons. The minimum Gasteiger partial charge on any atom is -0.480 e. The first kappa shape index (κ1) is 16.0. The predicted octanol–water partition coefficient (Wildman–Crippen LogP) is 4.67. The predicted molar refractivity (Wildman–Crippen MR) is 82.6 cm³/mol. The van der Waals surface area contributed by atoms with Crippen molar-refractivity contribution in [3.63, 3.8) is 0 Å². The highest BCUT2D eigenvalue weighted by Gasteiger charge is 2.32. The summed E-state index contributed by atoms with van der Waals surface area (Å²) in [6.07, 6.45) is 4.97. The van der Waals surface area contributed by atoms with E-state index >= 15 is 0 Å². The van der Waals surface area contributed by atoms with Crippen molar-refractivity contribution < 1.29 is 9.90 Å². The van der Waals surface area contributed by atoms with Crippen LogP contribution in [0.25, 0.3) is 0 Å². The molecule has 19 heavy (non-hydrogen) atoms. The van der Waals surface area contributed by atoms with Crippen molar-refractivity contribution in [3.8, 4) is 0 Å². The summed E-state index contributed by atoms with van der Waals surface area (Å²) in [7, 11) is 0. The van der Waals surface area contributed by atoms with Gasteiger partial charge < -0.3 is 10.4 Å². The van der Waals surface area contributed by atoms with Gasteiger partial charge in [-0.15, -0.1) is 0 Å². The highest BCUT2D eigenvalue weighted by atomic mass is 79.9. The molecule has 1 atom stereocenters. The van der Waals surface area contributed by atoms with E-state index in [9.17, 15) is 9.90 Å². The lowest BCUT2D eigenvalue weighted by molar-refractivity contribution is -0.142. The largest absolute Gasteiger partial charge is 0.480 e. The zero-order valence-corrected chi connectivity index (χ0v) is 13.2. The van der Waals surface area contributed by atoms with E-state index in [4.69, 9.17) is 0 Å². The SMILES string of the molecule is CCCCCCC(C)(Nc1ccc(Br)cc1)C(=O)O. The number of carboxylic acids is 1. The van der Waals surface area contributed by atoms with Crippen LogP contribution in [0.15, 0.2) is 28.7 Å². The van der Waals surface area contributed by atoms with Crippen LogP contribution in [0.5, 0.6) is 0 Å². The number of aliphatic carboxylic acids is 1. The van der Waals surface area contributed by atoms with E-state index in [0.717, 1.165) is 35.8 Å². The number of hydrogen-bond acceptors (Lipinski definition) is 2. The number of nitrogens with one attached hydrogen (secondary N) is 1. The lowest BCUT2D eigenvalue weighted by atomic mass is 9.93. The maximum Gasteiger partial charge on any atom is 0.329 e. The van der Waals surface area contributed by atoms with Crippen LogP contribution in [0, 0.1) is 0 Å². The number of hydrogen-bond donors (Lipinski definition) is 2. The van der Waals surface area contributed by atoms with Crippen LogP contribution in [-0.2, 0) is 4.79 Å². The molecule has 0 bridgehead atoms. The van der Waals surface area contributed by atoms with E-state index < -0.39 is 11.5 Å². The molecule has 0 amide bonds. The number of carbonyl (C=O) groups is 1. The van der Waals surface area contributed by atoms with Crippen molar-refractivity contribution in [1.82, 2.24) is 0 Å². The Labute approximate surface area is 123 Å². The zero-order valence-electron chi connectivity index (χ0n) is 11.6. The monoisotopic (exact) mass is 327 g/mol. The van der Waals surface area contributed by atoms with Gasteiger partial charge in [-0.2, -0.15) is 0 Å². The fraction of sp³-hybridized carbons (Fsp3) is 0.533.